The third-order valence-corrected chi connectivity index (χ3v) is 8.27. The molecule has 0 spiro atoms. The standard InChI is InChI=1S/C35H37F7O4/c1-7-32(8-2,29-13-14-30(24(4)20-29)27-10-9-26(31(36)21-27)16-18-46-44-6)28-12-11-25(23(3)19-28)15-17-33(34(37,38)39,35(40,41)42)45-22-43-5/h9-14,19-21H,7-8,16,18,22H2,1-6H3. The summed E-state index contributed by atoms with van der Waals surface area (Å²) in [7, 11) is 2.30. The molecule has 0 bridgehead atoms. The Labute approximate surface area is 264 Å². The maximum Gasteiger partial charge on any atom is 0.438 e. The molecule has 0 aromatic heterocycles. The SMILES string of the molecule is CCC(CC)(c1ccc(C#CC(OCOC)(C(F)(F)F)C(F)(F)F)c(C)c1)c1ccc(-c2ccc(CCOOC)c(F)c2)c(C)c1. The summed E-state index contributed by atoms with van der Waals surface area (Å²) < 4.78 is 106. The molecule has 0 radical (unpaired) electrons. The molecule has 0 amide bonds. The van der Waals surface area contributed by atoms with Gasteiger partial charge in [0.05, 0.1) is 13.7 Å². The van der Waals surface area contributed by atoms with Crippen LogP contribution in [0.5, 0.6) is 0 Å². The molecule has 4 nitrogen and oxygen atoms in total. The van der Waals surface area contributed by atoms with Crippen LogP contribution in [-0.4, -0.2) is 45.6 Å². The number of aryl methyl sites for hydroxylation is 2. The summed E-state index contributed by atoms with van der Waals surface area (Å²) in [6.07, 6.45) is -10.1. The number of hydrogen-bond donors (Lipinski definition) is 0. The van der Waals surface area contributed by atoms with Crippen LogP contribution in [0, 0.1) is 31.5 Å². The normalized spacial score (nSPS) is 12.6. The quantitative estimate of drug-likeness (QED) is 0.0488. The summed E-state index contributed by atoms with van der Waals surface area (Å²) in [6, 6.07) is 15.8. The minimum atomic E-state index is -5.87. The van der Waals surface area contributed by atoms with Crippen molar-refractivity contribution in [3.63, 3.8) is 0 Å². The lowest BCUT2D eigenvalue weighted by Crippen LogP contribution is -2.58. The number of ether oxygens (including phenoxy) is 2. The molecule has 3 aromatic rings. The molecule has 0 atom stereocenters. The zero-order chi connectivity index (χ0) is 34.3. The van der Waals surface area contributed by atoms with Crippen LogP contribution in [0.15, 0.2) is 54.6 Å². The van der Waals surface area contributed by atoms with E-state index in [1.54, 1.807) is 25.1 Å². The van der Waals surface area contributed by atoms with Crippen molar-refractivity contribution >= 4 is 0 Å². The van der Waals surface area contributed by atoms with E-state index in [4.69, 9.17) is 4.89 Å². The van der Waals surface area contributed by atoms with Crippen molar-refractivity contribution in [1.82, 2.24) is 0 Å². The maximum atomic E-state index is 14.8. The van der Waals surface area contributed by atoms with Gasteiger partial charge < -0.3 is 9.47 Å². The maximum absolute atomic E-state index is 14.8. The van der Waals surface area contributed by atoms with E-state index in [9.17, 15) is 30.7 Å². The highest BCUT2D eigenvalue weighted by molar-refractivity contribution is 5.68. The summed E-state index contributed by atoms with van der Waals surface area (Å²) in [5.41, 5.74) is -0.0998. The first-order valence-corrected chi connectivity index (χ1v) is 14.6. The van der Waals surface area contributed by atoms with E-state index in [1.165, 1.54) is 25.2 Å². The molecule has 0 heterocycles. The van der Waals surface area contributed by atoms with Gasteiger partial charge in [0.2, 0.25) is 0 Å². The Bertz CT molecular complexity index is 1530. The molecule has 3 aromatic carbocycles. The largest absolute Gasteiger partial charge is 0.438 e. The second-order valence-corrected chi connectivity index (χ2v) is 10.9. The Kier molecular flexibility index (Phi) is 12.1. The predicted octanol–water partition coefficient (Wildman–Crippen LogP) is 9.17. The molecule has 3 rings (SSSR count). The third-order valence-electron chi connectivity index (χ3n) is 8.27. The number of rotatable bonds is 12. The summed E-state index contributed by atoms with van der Waals surface area (Å²) >= 11 is 0. The Hall–Kier alpha value is -3.43. The van der Waals surface area contributed by atoms with Crippen LogP contribution < -0.4 is 0 Å². The second-order valence-electron chi connectivity index (χ2n) is 10.9. The Morgan fingerprint density at radius 1 is 0.761 bits per heavy atom. The highest BCUT2D eigenvalue weighted by Gasteiger charge is 2.72. The van der Waals surface area contributed by atoms with Crippen LogP contribution in [0.4, 0.5) is 30.7 Å². The van der Waals surface area contributed by atoms with E-state index >= 15 is 0 Å². The highest BCUT2D eigenvalue weighted by Crippen LogP contribution is 2.46. The molecule has 0 saturated heterocycles. The van der Waals surface area contributed by atoms with Crippen molar-refractivity contribution < 1.29 is 50.0 Å². The zero-order valence-electron chi connectivity index (χ0n) is 26.5. The van der Waals surface area contributed by atoms with Crippen molar-refractivity contribution in [2.45, 2.75) is 70.3 Å². The van der Waals surface area contributed by atoms with Crippen LogP contribution in [-0.2, 0) is 31.1 Å². The summed E-state index contributed by atoms with van der Waals surface area (Å²) in [5, 5.41) is 0. The summed E-state index contributed by atoms with van der Waals surface area (Å²) in [4.78, 5) is 9.40. The molecule has 46 heavy (non-hydrogen) atoms. The van der Waals surface area contributed by atoms with Gasteiger partial charge in [-0.25, -0.2) is 14.2 Å². The van der Waals surface area contributed by atoms with E-state index in [-0.39, 0.29) is 18.0 Å². The lowest BCUT2D eigenvalue weighted by atomic mass is 9.69. The molecular weight excluding hydrogens is 617 g/mol. The zero-order valence-corrected chi connectivity index (χ0v) is 26.5. The average molecular weight is 655 g/mol. The number of hydrogen-bond acceptors (Lipinski definition) is 4. The van der Waals surface area contributed by atoms with Crippen molar-refractivity contribution in [2.24, 2.45) is 0 Å². The lowest BCUT2D eigenvalue weighted by Gasteiger charge is -2.34. The molecule has 0 fully saturated rings. The molecule has 0 N–H and O–H groups in total. The summed E-state index contributed by atoms with van der Waals surface area (Å²) in [5.74, 6) is 3.05. The Morgan fingerprint density at radius 2 is 1.37 bits per heavy atom. The fourth-order valence-electron chi connectivity index (χ4n) is 5.58. The first-order chi connectivity index (χ1) is 21.6. The molecule has 0 aliphatic rings. The predicted molar refractivity (Wildman–Crippen MR) is 160 cm³/mol. The van der Waals surface area contributed by atoms with Crippen LogP contribution >= 0.6 is 0 Å². The van der Waals surface area contributed by atoms with E-state index in [1.807, 2.05) is 45.0 Å². The smallest absolute Gasteiger partial charge is 0.359 e. The van der Waals surface area contributed by atoms with Crippen molar-refractivity contribution in [3.05, 3.63) is 93.8 Å². The lowest BCUT2D eigenvalue weighted by molar-refractivity contribution is -0.368. The van der Waals surface area contributed by atoms with E-state index in [0.29, 0.717) is 36.0 Å². The van der Waals surface area contributed by atoms with Crippen LogP contribution in [0.25, 0.3) is 11.1 Å². The van der Waals surface area contributed by atoms with Gasteiger partial charge in [0.25, 0.3) is 0 Å². The fourth-order valence-corrected chi connectivity index (χ4v) is 5.58. The molecule has 250 valence electrons. The Balaban J connectivity index is 2.02. The average Bonchev–Trinajstić information content (AvgIpc) is 2.98. The fraction of sp³-hybridized carbons (Fsp3) is 0.429. The number of methoxy groups -OCH3 is 1. The van der Waals surface area contributed by atoms with Gasteiger partial charge in [-0.05, 0) is 83.7 Å². The van der Waals surface area contributed by atoms with Crippen LogP contribution in [0.1, 0.15) is 60.1 Å². The van der Waals surface area contributed by atoms with Gasteiger partial charge in [-0.15, -0.1) is 0 Å². The topological polar surface area (TPSA) is 36.9 Å². The summed E-state index contributed by atoms with van der Waals surface area (Å²) in [6.45, 7) is 6.47. The van der Waals surface area contributed by atoms with E-state index in [2.05, 4.69) is 20.3 Å². The van der Waals surface area contributed by atoms with E-state index < -0.39 is 30.2 Å². The van der Waals surface area contributed by atoms with Crippen LogP contribution in [0.2, 0.25) is 0 Å². The third kappa shape index (κ3) is 7.58. The van der Waals surface area contributed by atoms with Gasteiger partial charge in [-0.2, -0.15) is 26.3 Å². The highest BCUT2D eigenvalue weighted by atomic mass is 19.4. The molecule has 0 saturated carbocycles. The molecule has 11 heteroatoms. The Morgan fingerprint density at radius 3 is 1.87 bits per heavy atom. The number of benzene rings is 3. The van der Waals surface area contributed by atoms with Gasteiger partial charge in [0.1, 0.15) is 12.6 Å². The molecular formula is C35H37F7O4. The van der Waals surface area contributed by atoms with Gasteiger partial charge in [-0.3, -0.25) is 0 Å². The van der Waals surface area contributed by atoms with Crippen LogP contribution in [0.3, 0.4) is 0 Å². The van der Waals surface area contributed by atoms with Gasteiger partial charge >= 0.3 is 18.0 Å². The van der Waals surface area contributed by atoms with E-state index in [0.717, 1.165) is 29.4 Å². The minimum absolute atomic E-state index is 0.00506. The molecule has 0 unspecified atom stereocenters. The first kappa shape index (κ1) is 37.0. The van der Waals surface area contributed by atoms with Gasteiger partial charge in [0, 0.05) is 24.5 Å². The van der Waals surface area contributed by atoms with Crippen molar-refractivity contribution in [2.75, 3.05) is 27.6 Å². The van der Waals surface area contributed by atoms with Gasteiger partial charge in [-0.1, -0.05) is 62.2 Å². The second kappa shape index (κ2) is 15.0. The molecule has 0 aliphatic heterocycles. The van der Waals surface area contributed by atoms with Gasteiger partial charge in [0.15, 0.2) is 0 Å². The number of halogens is 7. The minimum Gasteiger partial charge on any atom is -0.359 e. The van der Waals surface area contributed by atoms with Crippen molar-refractivity contribution in [3.8, 4) is 23.0 Å². The monoisotopic (exact) mass is 654 g/mol. The number of alkyl halides is 6. The molecule has 0 aliphatic carbocycles. The van der Waals surface area contributed by atoms with Crippen molar-refractivity contribution in [1.29, 1.82) is 0 Å². The first-order valence-electron chi connectivity index (χ1n) is 14.6.